The van der Waals surface area contributed by atoms with Crippen LogP contribution in [-0.4, -0.2) is 12.6 Å². The number of fused-ring (bicyclic) bond motifs is 1. The van der Waals surface area contributed by atoms with Crippen molar-refractivity contribution in [2.45, 2.75) is 26.2 Å². The lowest BCUT2D eigenvalue weighted by atomic mass is 9.82. The van der Waals surface area contributed by atoms with Gasteiger partial charge >= 0.3 is 5.97 Å². The molecule has 0 heterocycles. The predicted octanol–water partition coefficient (Wildman–Crippen LogP) is 2.46. The van der Waals surface area contributed by atoms with Gasteiger partial charge in [0.1, 0.15) is 0 Å². The summed E-state index contributed by atoms with van der Waals surface area (Å²) < 4.78 is 5.04. The zero-order valence-corrected chi connectivity index (χ0v) is 8.53. The molecule has 0 radical (unpaired) electrons. The van der Waals surface area contributed by atoms with Crippen molar-refractivity contribution in [2.75, 3.05) is 6.61 Å². The van der Waals surface area contributed by atoms with Crippen molar-refractivity contribution in [1.29, 1.82) is 0 Å². The van der Waals surface area contributed by atoms with Gasteiger partial charge in [-0.1, -0.05) is 18.2 Å². The van der Waals surface area contributed by atoms with Crippen molar-refractivity contribution in [3.8, 4) is 0 Å². The molecule has 2 atom stereocenters. The SMILES string of the molecule is CCOC(=O)C1=CC[C@H]2CC=CC[C@@H]12. The zero-order chi connectivity index (χ0) is 9.97. The van der Waals surface area contributed by atoms with Gasteiger partial charge in [-0.3, -0.25) is 0 Å². The average molecular weight is 192 g/mol. The fraction of sp³-hybridized carbons (Fsp3) is 0.583. The third-order valence-electron chi connectivity index (χ3n) is 3.12. The van der Waals surface area contributed by atoms with Crippen LogP contribution >= 0.6 is 0 Å². The van der Waals surface area contributed by atoms with Crippen molar-refractivity contribution >= 4 is 5.97 Å². The third-order valence-corrected chi connectivity index (χ3v) is 3.12. The molecular formula is C12H16O2. The van der Waals surface area contributed by atoms with Gasteiger partial charge in [-0.05, 0) is 38.0 Å². The molecule has 0 saturated carbocycles. The van der Waals surface area contributed by atoms with Crippen LogP contribution in [-0.2, 0) is 9.53 Å². The lowest BCUT2D eigenvalue weighted by Crippen LogP contribution is -2.19. The van der Waals surface area contributed by atoms with Crippen molar-refractivity contribution in [3.63, 3.8) is 0 Å². The molecule has 2 rings (SSSR count). The Bertz CT molecular complexity index is 289. The molecule has 0 fully saturated rings. The van der Waals surface area contributed by atoms with Crippen molar-refractivity contribution in [1.82, 2.24) is 0 Å². The molecule has 0 saturated heterocycles. The fourth-order valence-corrected chi connectivity index (χ4v) is 2.39. The van der Waals surface area contributed by atoms with Crippen LogP contribution in [0.5, 0.6) is 0 Å². The van der Waals surface area contributed by atoms with E-state index in [1.165, 1.54) is 0 Å². The second kappa shape index (κ2) is 3.99. The summed E-state index contributed by atoms with van der Waals surface area (Å²) in [5.74, 6) is 0.980. The van der Waals surface area contributed by atoms with Gasteiger partial charge in [-0.2, -0.15) is 0 Å². The highest BCUT2D eigenvalue weighted by Gasteiger charge is 2.33. The lowest BCUT2D eigenvalue weighted by Gasteiger charge is -2.23. The molecule has 76 valence electrons. The molecule has 0 spiro atoms. The molecule has 0 aromatic carbocycles. The summed E-state index contributed by atoms with van der Waals surface area (Å²) in [4.78, 5) is 11.6. The van der Waals surface area contributed by atoms with Gasteiger partial charge in [0.2, 0.25) is 0 Å². The maximum atomic E-state index is 11.6. The minimum atomic E-state index is -0.102. The number of allylic oxidation sites excluding steroid dienone is 3. The Labute approximate surface area is 84.6 Å². The highest BCUT2D eigenvalue weighted by atomic mass is 16.5. The monoisotopic (exact) mass is 192 g/mol. The van der Waals surface area contributed by atoms with Crippen LogP contribution in [0.3, 0.4) is 0 Å². The Morgan fingerprint density at radius 2 is 2.21 bits per heavy atom. The van der Waals surface area contributed by atoms with E-state index in [0.717, 1.165) is 24.8 Å². The second-order valence-electron chi connectivity index (χ2n) is 3.93. The highest BCUT2D eigenvalue weighted by molar-refractivity contribution is 5.89. The van der Waals surface area contributed by atoms with E-state index in [1.807, 2.05) is 6.92 Å². The first-order valence-electron chi connectivity index (χ1n) is 5.35. The summed E-state index contributed by atoms with van der Waals surface area (Å²) in [6.45, 7) is 2.33. The van der Waals surface area contributed by atoms with E-state index in [4.69, 9.17) is 4.74 Å². The van der Waals surface area contributed by atoms with Crippen LogP contribution in [0.25, 0.3) is 0 Å². The summed E-state index contributed by atoms with van der Waals surface area (Å²) in [6.07, 6.45) is 9.64. The number of esters is 1. The van der Waals surface area contributed by atoms with Gasteiger partial charge in [0.25, 0.3) is 0 Å². The second-order valence-corrected chi connectivity index (χ2v) is 3.93. The molecule has 0 aromatic rings. The first-order valence-corrected chi connectivity index (χ1v) is 5.35. The van der Waals surface area contributed by atoms with Crippen LogP contribution in [0, 0.1) is 11.8 Å². The molecule has 0 amide bonds. The van der Waals surface area contributed by atoms with Crippen LogP contribution in [0.4, 0.5) is 0 Å². The normalized spacial score (nSPS) is 29.6. The van der Waals surface area contributed by atoms with E-state index in [9.17, 15) is 4.79 Å². The number of hydrogen-bond donors (Lipinski definition) is 0. The highest BCUT2D eigenvalue weighted by Crippen LogP contribution is 2.39. The fourth-order valence-electron chi connectivity index (χ4n) is 2.39. The van der Waals surface area contributed by atoms with Crippen LogP contribution in [0.1, 0.15) is 26.2 Å². The van der Waals surface area contributed by atoms with Gasteiger partial charge < -0.3 is 4.74 Å². The Kier molecular flexibility index (Phi) is 2.71. The molecule has 0 unspecified atom stereocenters. The molecule has 0 aliphatic heterocycles. The number of rotatable bonds is 2. The van der Waals surface area contributed by atoms with Crippen molar-refractivity contribution in [2.24, 2.45) is 11.8 Å². The maximum absolute atomic E-state index is 11.6. The molecule has 2 nitrogen and oxygen atoms in total. The van der Waals surface area contributed by atoms with Gasteiger partial charge in [-0.25, -0.2) is 4.79 Å². The molecule has 2 aliphatic carbocycles. The van der Waals surface area contributed by atoms with Crippen molar-refractivity contribution in [3.05, 3.63) is 23.8 Å². The standard InChI is InChI=1S/C12H16O2/c1-2-14-12(13)11-8-7-9-5-3-4-6-10(9)11/h3-4,8-10H,2,5-7H2,1H3/t9-,10-/m1/s1. The number of ether oxygens (including phenoxy) is 1. The summed E-state index contributed by atoms with van der Waals surface area (Å²) in [5.41, 5.74) is 0.918. The zero-order valence-electron chi connectivity index (χ0n) is 8.53. The van der Waals surface area contributed by atoms with Gasteiger partial charge in [0.05, 0.1) is 6.61 Å². The summed E-state index contributed by atoms with van der Waals surface area (Å²) in [7, 11) is 0. The van der Waals surface area contributed by atoms with Crippen LogP contribution < -0.4 is 0 Å². The number of carbonyl (C=O) groups is 1. The Hall–Kier alpha value is -1.05. The minimum Gasteiger partial charge on any atom is -0.463 e. The molecule has 0 aromatic heterocycles. The van der Waals surface area contributed by atoms with E-state index < -0.39 is 0 Å². The summed E-state index contributed by atoms with van der Waals surface area (Å²) >= 11 is 0. The Morgan fingerprint density at radius 1 is 1.43 bits per heavy atom. The third kappa shape index (κ3) is 1.61. The molecule has 2 heteroatoms. The number of carbonyl (C=O) groups excluding carboxylic acids is 1. The Morgan fingerprint density at radius 3 is 3.00 bits per heavy atom. The molecule has 0 bridgehead atoms. The maximum Gasteiger partial charge on any atom is 0.333 e. The van der Waals surface area contributed by atoms with Gasteiger partial charge in [-0.15, -0.1) is 0 Å². The smallest absolute Gasteiger partial charge is 0.333 e. The first kappa shape index (κ1) is 9.50. The van der Waals surface area contributed by atoms with E-state index in [-0.39, 0.29) is 5.97 Å². The van der Waals surface area contributed by atoms with Crippen LogP contribution in [0.15, 0.2) is 23.8 Å². The first-order chi connectivity index (χ1) is 6.83. The van der Waals surface area contributed by atoms with E-state index in [1.54, 1.807) is 0 Å². The molecule has 14 heavy (non-hydrogen) atoms. The van der Waals surface area contributed by atoms with Crippen LogP contribution in [0.2, 0.25) is 0 Å². The van der Waals surface area contributed by atoms with Gasteiger partial charge in [0.15, 0.2) is 0 Å². The number of hydrogen-bond acceptors (Lipinski definition) is 2. The lowest BCUT2D eigenvalue weighted by molar-refractivity contribution is -0.139. The van der Waals surface area contributed by atoms with E-state index in [0.29, 0.717) is 18.4 Å². The quantitative estimate of drug-likeness (QED) is 0.496. The largest absolute Gasteiger partial charge is 0.463 e. The van der Waals surface area contributed by atoms with Gasteiger partial charge in [0, 0.05) is 5.57 Å². The summed E-state index contributed by atoms with van der Waals surface area (Å²) in [5, 5.41) is 0. The van der Waals surface area contributed by atoms with E-state index >= 15 is 0 Å². The molecule has 2 aliphatic rings. The molecular weight excluding hydrogens is 176 g/mol. The predicted molar refractivity (Wildman–Crippen MR) is 54.7 cm³/mol. The van der Waals surface area contributed by atoms with E-state index in [2.05, 4.69) is 18.2 Å². The topological polar surface area (TPSA) is 26.3 Å². The molecule has 0 N–H and O–H groups in total. The average Bonchev–Trinajstić information content (AvgIpc) is 2.61. The van der Waals surface area contributed by atoms with Crippen molar-refractivity contribution < 1.29 is 9.53 Å². The summed E-state index contributed by atoms with van der Waals surface area (Å²) in [6, 6.07) is 0. The Balaban J connectivity index is 2.06. The minimum absolute atomic E-state index is 0.102.